The van der Waals surface area contributed by atoms with Crippen LogP contribution in [0.2, 0.25) is 0 Å². The molecule has 296 valence electrons. The third kappa shape index (κ3) is 5.12. The largest absolute Gasteiger partial charge is 0.455 e. The summed E-state index contributed by atoms with van der Waals surface area (Å²) in [5.74, 6) is 0. The first-order valence-electron chi connectivity index (χ1n) is 22.0. The highest BCUT2D eigenvalue weighted by Crippen LogP contribution is 2.50. The second kappa shape index (κ2) is 13.7. The van der Waals surface area contributed by atoms with Gasteiger partial charge in [-0.25, -0.2) is 0 Å². The fourth-order valence-corrected chi connectivity index (χ4v) is 12.2. The van der Waals surface area contributed by atoms with Gasteiger partial charge in [0, 0.05) is 41.9 Å². The molecule has 0 radical (unpaired) electrons. The van der Waals surface area contributed by atoms with Gasteiger partial charge in [-0.1, -0.05) is 194 Å². The van der Waals surface area contributed by atoms with Crippen molar-refractivity contribution in [2.24, 2.45) is 0 Å². The highest BCUT2D eigenvalue weighted by Gasteiger charge is 2.22. The van der Waals surface area contributed by atoms with Crippen LogP contribution < -0.4 is 0 Å². The van der Waals surface area contributed by atoms with Gasteiger partial charge in [0.1, 0.15) is 11.2 Å². The van der Waals surface area contributed by atoms with E-state index in [2.05, 4.69) is 218 Å². The van der Waals surface area contributed by atoms with Crippen molar-refractivity contribution in [2.45, 2.75) is 0 Å². The second-order valence-corrected chi connectivity index (χ2v) is 18.1. The van der Waals surface area contributed by atoms with E-state index in [9.17, 15) is 0 Å². The molecule has 0 fully saturated rings. The number of rotatable bonds is 4. The number of benzene rings is 12. The van der Waals surface area contributed by atoms with Crippen LogP contribution in [0.15, 0.2) is 223 Å². The van der Waals surface area contributed by atoms with E-state index in [0.717, 1.165) is 27.3 Å². The lowest BCUT2D eigenvalue weighted by molar-refractivity contribution is 0.672. The first kappa shape index (κ1) is 35.5. The molecule has 12 aromatic carbocycles. The maximum Gasteiger partial charge on any atom is 0.143 e. The van der Waals surface area contributed by atoms with E-state index in [1.165, 1.54) is 113 Å². The molecule has 0 aliphatic rings. The Hall–Kier alpha value is -8.04. The van der Waals surface area contributed by atoms with Gasteiger partial charge in [-0.05, 0) is 112 Å². The lowest BCUT2D eigenvalue weighted by atomic mass is 9.85. The molecular weight excluding hydrogens is 793 g/mol. The highest BCUT2D eigenvalue weighted by atomic mass is 32.1. The van der Waals surface area contributed by atoms with Crippen LogP contribution in [-0.4, -0.2) is 0 Å². The minimum Gasteiger partial charge on any atom is -0.455 e. The van der Waals surface area contributed by atoms with Gasteiger partial charge >= 0.3 is 0 Å². The van der Waals surface area contributed by atoms with E-state index in [1.54, 1.807) is 0 Å². The van der Waals surface area contributed by atoms with Crippen LogP contribution in [0.1, 0.15) is 0 Å². The van der Waals surface area contributed by atoms with E-state index >= 15 is 0 Å². The van der Waals surface area contributed by atoms with Crippen molar-refractivity contribution in [3.8, 4) is 44.5 Å². The summed E-state index contributed by atoms with van der Waals surface area (Å²) in [7, 11) is 0. The Morgan fingerprint density at radius 2 is 0.766 bits per heavy atom. The quantitative estimate of drug-likeness (QED) is 0.161. The molecule has 0 aliphatic heterocycles. The number of thiophene rings is 1. The van der Waals surface area contributed by atoms with Crippen LogP contribution in [-0.2, 0) is 0 Å². The third-order valence-corrected chi connectivity index (χ3v) is 14.8. The first-order valence-corrected chi connectivity index (χ1v) is 22.8. The van der Waals surface area contributed by atoms with Crippen molar-refractivity contribution >= 4 is 107 Å². The van der Waals surface area contributed by atoms with Crippen molar-refractivity contribution in [1.29, 1.82) is 0 Å². The monoisotopic (exact) mass is 828 g/mol. The zero-order chi connectivity index (χ0) is 41.9. The zero-order valence-corrected chi connectivity index (χ0v) is 35.4. The van der Waals surface area contributed by atoms with Crippen molar-refractivity contribution in [3.63, 3.8) is 0 Å². The standard InChI is InChI=1S/C62H36OS/c1-2-16-38(17-3-1)57-43-19-6-8-21-45(43)59(46-22-9-7-20-44(46)57)40-30-32-42-52-27-14-28-53(62(52)64-56(42)36-40)60-49-25-12-10-23-47(49)58(48-24-11-13-26-50(48)60)39-31-34-55-54(35-39)51-33-29-37-15-4-5-18-41(37)61(51)63-55/h1-36H. The van der Waals surface area contributed by atoms with Gasteiger partial charge in [-0.15, -0.1) is 11.3 Å². The molecule has 1 nitrogen and oxygen atoms in total. The molecule has 0 saturated heterocycles. The predicted molar refractivity (Wildman–Crippen MR) is 276 cm³/mol. The average Bonchev–Trinajstić information content (AvgIpc) is 3.93. The van der Waals surface area contributed by atoms with E-state index in [1.807, 2.05) is 11.3 Å². The summed E-state index contributed by atoms with van der Waals surface area (Å²) in [6.45, 7) is 0. The molecule has 0 bridgehead atoms. The Labute approximate surface area is 372 Å². The maximum absolute atomic E-state index is 6.57. The summed E-state index contributed by atoms with van der Waals surface area (Å²) in [5.41, 5.74) is 11.9. The first-order chi connectivity index (χ1) is 31.8. The van der Waals surface area contributed by atoms with Crippen LogP contribution in [0, 0.1) is 0 Å². The Kier molecular flexibility index (Phi) is 7.63. The molecule has 0 aliphatic carbocycles. The van der Waals surface area contributed by atoms with Crippen LogP contribution in [0.5, 0.6) is 0 Å². The molecule has 0 atom stereocenters. The number of hydrogen-bond acceptors (Lipinski definition) is 2. The molecular formula is C62H36OS. The van der Waals surface area contributed by atoms with Crippen LogP contribution in [0.25, 0.3) is 140 Å². The van der Waals surface area contributed by atoms with Crippen LogP contribution in [0.3, 0.4) is 0 Å². The molecule has 0 unspecified atom stereocenters. The molecule has 0 spiro atoms. The lowest BCUT2D eigenvalue weighted by Crippen LogP contribution is -1.91. The van der Waals surface area contributed by atoms with Gasteiger partial charge in [0.15, 0.2) is 0 Å². The molecule has 14 rings (SSSR count). The molecule has 14 aromatic rings. The number of furan rings is 1. The maximum atomic E-state index is 6.57. The summed E-state index contributed by atoms with van der Waals surface area (Å²) >= 11 is 1.91. The summed E-state index contributed by atoms with van der Waals surface area (Å²) in [5, 5.41) is 17.3. The third-order valence-electron chi connectivity index (χ3n) is 13.6. The topological polar surface area (TPSA) is 13.1 Å². The smallest absolute Gasteiger partial charge is 0.143 e. The fraction of sp³-hybridized carbons (Fsp3) is 0. The minimum atomic E-state index is 0.908. The molecule has 0 N–H and O–H groups in total. The van der Waals surface area contributed by atoms with Crippen molar-refractivity contribution in [2.75, 3.05) is 0 Å². The van der Waals surface area contributed by atoms with Gasteiger partial charge < -0.3 is 4.42 Å². The van der Waals surface area contributed by atoms with Gasteiger partial charge in [0.25, 0.3) is 0 Å². The van der Waals surface area contributed by atoms with E-state index in [0.29, 0.717) is 0 Å². The summed E-state index contributed by atoms with van der Waals surface area (Å²) in [4.78, 5) is 0. The average molecular weight is 829 g/mol. The van der Waals surface area contributed by atoms with Crippen LogP contribution in [0.4, 0.5) is 0 Å². The molecule has 2 heteroatoms. The lowest BCUT2D eigenvalue weighted by Gasteiger charge is -2.18. The van der Waals surface area contributed by atoms with E-state index in [4.69, 9.17) is 4.42 Å². The van der Waals surface area contributed by atoms with E-state index < -0.39 is 0 Å². The second-order valence-electron chi connectivity index (χ2n) is 17.0. The van der Waals surface area contributed by atoms with Crippen LogP contribution >= 0.6 is 11.3 Å². The van der Waals surface area contributed by atoms with Gasteiger partial charge in [0.2, 0.25) is 0 Å². The Morgan fingerprint density at radius 3 is 1.39 bits per heavy atom. The molecule has 0 amide bonds. The van der Waals surface area contributed by atoms with Gasteiger partial charge in [-0.2, -0.15) is 0 Å². The summed E-state index contributed by atoms with van der Waals surface area (Å²) in [6, 6.07) is 80.4. The Balaban J connectivity index is 0.983. The SMILES string of the molecule is c1ccc(-c2c3ccccc3c(-c3ccc4c(c3)sc3c(-c5c6ccccc6c(-c6ccc7oc8c9ccccc9ccc8c7c6)c6ccccc56)cccc34)c3ccccc23)cc1. The number of hydrogen-bond donors (Lipinski definition) is 0. The molecule has 2 aromatic heterocycles. The van der Waals surface area contributed by atoms with Gasteiger partial charge in [-0.3, -0.25) is 0 Å². The van der Waals surface area contributed by atoms with Gasteiger partial charge in [0.05, 0.1) is 0 Å². The Bertz CT molecular complexity index is 4130. The highest BCUT2D eigenvalue weighted by molar-refractivity contribution is 7.26. The van der Waals surface area contributed by atoms with Crippen molar-refractivity contribution in [1.82, 2.24) is 0 Å². The molecule has 2 heterocycles. The van der Waals surface area contributed by atoms with Crippen molar-refractivity contribution < 1.29 is 4.42 Å². The molecule has 0 saturated carbocycles. The number of fused-ring (bicyclic) bond motifs is 12. The fourth-order valence-electron chi connectivity index (χ4n) is 10.9. The minimum absolute atomic E-state index is 0.908. The summed E-state index contributed by atoms with van der Waals surface area (Å²) < 4.78 is 9.17. The zero-order valence-electron chi connectivity index (χ0n) is 34.6. The predicted octanol–water partition coefficient (Wildman–Crippen LogP) is 18.4. The molecule has 64 heavy (non-hydrogen) atoms. The van der Waals surface area contributed by atoms with E-state index in [-0.39, 0.29) is 0 Å². The van der Waals surface area contributed by atoms with Crippen molar-refractivity contribution in [3.05, 3.63) is 218 Å². The normalized spacial score (nSPS) is 12.1. The Morgan fingerprint density at radius 1 is 0.281 bits per heavy atom. The summed E-state index contributed by atoms with van der Waals surface area (Å²) in [6.07, 6.45) is 0.